The van der Waals surface area contributed by atoms with Gasteiger partial charge in [-0.1, -0.05) is 12.1 Å². The predicted molar refractivity (Wildman–Crippen MR) is 104 cm³/mol. The minimum atomic E-state index is -4.46. The van der Waals surface area contributed by atoms with E-state index in [1.54, 1.807) is 17.5 Å². The summed E-state index contributed by atoms with van der Waals surface area (Å²) in [4.78, 5) is 28.0. The monoisotopic (exact) mass is 441 g/mol. The third kappa shape index (κ3) is 5.55. The Bertz CT molecular complexity index is 1030. The fraction of sp³-hybridized carbons (Fsp3) is 0.167. The van der Waals surface area contributed by atoms with Crippen molar-refractivity contribution in [1.29, 1.82) is 0 Å². The summed E-state index contributed by atoms with van der Waals surface area (Å²) in [6.07, 6.45) is -4.70. The second kappa shape index (κ2) is 8.62. The Kier molecular flexibility index (Phi) is 6.18. The molecule has 152 valence electrons. The number of benzene rings is 1. The number of aromatic nitrogens is 1. The molecule has 0 saturated heterocycles. The summed E-state index contributed by atoms with van der Waals surface area (Å²) < 4.78 is 39.1. The van der Waals surface area contributed by atoms with Crippen LogP contribution in [0.5, 0.6) is 0 Å². The van der Waals surface area contributed by atoms with Crippen LogP contribution in [0.3, 0.4) is 0 Å². The van der Waals surface area contributed by atoms with Gasteiger partial charge in [-0.25, -0.2) is 4.98 Å². The van der Waals surface area contributed by atoms with Crippen LogP contribution >= 0.6 is 22.7 Å². The highest BCUT2D eigenvalue weighted by atomic mass is 32.1. The summed E-state index contributed by atoms with van der Waals surface area (Å²) >= 11 is 2.25. The van der Waals surface area contributed by atoms with Gasteiger partial charge in [-0.2, -0.15) is 13.2 Å². The number of carbonyl (C=O) groups is 2. The van der Waals surface area contributed by atoms with Gasteiger partial charge in [0.15, 0.2) is 5.13 Å². The zero-order chi connectivity index (χ0) is 21.0. The molecule has 1 aromatic carbocycles. The van der Waals surface area contributed by atoms with Gasteiger partial charge in [0.2, 0.25) is 0 Å². The zero-order valence-electron chi connectivity index (χ0n) is 14.6. The van der Waals surface area contributed by atoms with Crippen molar-refractivity contribution >= 4 is 45.4 Å². The van der Waals surface area contributed by atoms with Gasteiger partial charge in [0.25, 0.3) is 5.91 Å². The SMILES string of the molecule is O=C(O)Cc1csc(NC(=O)c2ccc(CNc3ccccc3C(F)(F)F)s2)n1. The summed E-state index contributed by atoms with van der Waals surface area (Å²) in [5.74, 6) is -1.44. The first-order valence-corrected chi connectivity index (χ1v) is 9.88. The number of nitrogens with zero attached hydrogens (tertiary/aromatic N) is 1. The van der Waals surface area contributed by atoms with Crippen LogP contribution < -0.4 is 10.6 Å². The smallest absolute Gasteiger partial charge is 0.418 e. The standard InChI is InChI=1S/C18H14F3N3O3S2/c19-18(20,21)12-3-1-2-4-13(12)22-8-11-5-6-14(29-11)16(27)24-17-23-10(9-28-17)7-15(25)26/h1-6,9,22H,7-8H2,(H,25,26)(H,23,24,27). The molecule has 29 heavy (non-hydrogen) atoms. The average molecular weight is 441 g/mol. The Morgan fingerprint density at radius 1 is 1.14 bits per heavy atom. The minimum absolute atomic E-state index is 0.0341. The molecule has 0 radical (unpaired) electrons. The minimum Gasteiger partial charge on any atom is -0.481 e. The van der Waals surface area contributed by atoms with Crippen molar-refractivity contribution in [3.05, 3.63) is 62.8 Å². The van der Waals surface area contributed by atoms with Crippen LogP contribution in [0.25, 0.3) is 0 Å². The van der Waals surface area contributed by atoms with Gasteiger partial charge in [0, 0.05) is 22.5 Å². The number of para-hydroxylation sites is 1. The van der Waals surface area contributed by atoms with E-state index in [0.717, 1.165) is 28.7 Å². The van der Waals surface area contributed by atoms with E-state index < -0.39 is 23.6 Å². The van der Waals surface area contributed by atoms with Gasteiger partial charge < -0.3 is 10.4 Å². The normalized spacial score (nSPS) is 11.3. The van der Waals surface area contributed by atoms with Crippen LogP contribution in [-0.4, -0.2) is 22.0 Å². The molecular formula is C18H14F3N3O3S2. The molecule has 2 heterocycles. The molecular weight excluding hydrogens is 427 g/mol. The number of anilines is 2. The molecule has 0 bridgehead atoms. The van der Waals surface area contributed by atoms with Crippen LogP contribution in [0.1, 0.15) is 25.8 Å². The highest BCUT2D eigenvalue weighted by Crippen LogP contribution is 2.35. The number of thiophene rings is 1. The van der Waals surface area contributed by atoms with E-state index in [9.17, 15) is 22.8 Å². The van der Waals surface area contributed by atoms with Crippen LogP contribution in [0.15, 0.2) is 41.8 Å². The van der Waals surface area contributed by atoms with E-state index in [-0.39, 0.29) is 23.8 Å². The van der Waals surface area contributed by atoms with Crippen molar-refractivity contribution in [2.75, 3.05) is 10.6 Å². The molecule has 11 heteroatoms. The van der Waals surface area contributed by atoms with E-state index in [0.29, 0.717) is 15.4 Å². The van der Waals surface area contributed by atoms with E-state index in [4.69, 9.17) is 5.11 Å². The van der Waals surface area contributed by atoms with Crippen LogP contribution in [-0.2, 0) is 23.9 Å². The van der Waals surface area contributed by atoms with Crippen molar-refractivity contribution in [3.8, 4) is 0 Å². The van der Waals surface area contributed by atoms with Crippen molar-refractivity contribution in [3.63, 3.8) is 0 Å². The first-order valence-electron chi connectivity index (χ1n) is 8.19. The molecule has 0 spiro atoms. The Morgan fingerprint density at radius 3 is 2.62 bits per heavy atom. The number of hydrogen-bond donors (Lipinski definition) is 3. The maximum Gasteiger partial charge on any atom is 0.418 e. The highest BCUT2D eigenvalue weighted by Gasteiger charge is 2.33. The van der Waals surface area contributed by atoms with Gasteiger partial charge in [0.1, 0.15) is 0 Å². The molecule has 3 aromatic rings. The second-order valence-corrected chi connectivity index (χ2v) is 7.86. The van der Waals surface area contributed by atoms with Crippen LogP contribution in [0, 0.1) is 0 Å². The lowest BCUT2D eigenvalue weighted by atomic mass is 10.1. The lowest BCUT2D eigenvalue weighted by Gasteiger charge is -2.13. The summed E-state index contributed by atoms with van der Waals surface area (Å²) in [6.45, 7) is 0.130. The lowest BCUT2D eigenvalue weighted by molar-refractivity contribution is -0.137. The van der Waals surface area contributed by atoms with E-state index >= 15 is 0 Å². The number of carboxylic acids is 1. The number of halogens is 3. The molecule has 0 aliphatic rings. The molecule has 0 aliphatic carbocycles. The quantitative estimate of drug-likeness (QED) is 0.494. The first-order chi connectivity index (χ1) is 13.7. The summed E-state index contributed by atoms with van der Waals surface area (Å²) in [6, 6.07) is 8.40. The molecule has 3 rings (SSSR count). The average Bonchev–Trinajstić information content (AvgIpc) is 3.28. The van der Waals surface area contributed by atoms with Gasteiger partial charge in [-0.05, 0) is 24.3 Å². The Balaban J connectivity index is 1.62. The van der Waals surface area contributed by atoms with Crippen LogP contribution in [0.4, 0.5) is 24.0 Å². The van der Waals surface area contributed by atoms with Crippen molar-refractivity contribution < 1.29 is 27.9 Å². The van der Waals surface area contributed by atoms with Crippen molar-refractivity contribution in [2.45, 2.75) is 19.1 Å². The number of nitrogens with one attached hydrogen (secondary N) is 2. The first kappa shape index (κ1) is 20.8. The summed E-state index contributed by atoms with van der Waals surface area (Å²) in [5, 5.41) is 15.9. The number of aliphatic carboxylic acids is 1. The molecule has 6 nitrogen and oxygen atoms in total. The van der Waals surface area contributed by atoms with Gasteiger partial charge in [-0.15, -0.1) is 22.7 Å². The fourth-order valence-corrected chi connectivity index (χ4v) is 3.97. The summed E-state index contributed by atoms with van der Waals surface area (Å²) in [5.41, 5.74) is -0.444. The Morgan fingerprint density at radius 2 is 1.90 bits per heavy atom. The zero-order valence-corrected chi connectivity index (χ0v) is 16.2. The number of rotatable bonds is 7. The third-order valence-electron chi connectivity index (χ3n) is 3.68. The largest absolute Gasteiger partial charge is 0.481 e. The van der Waals surface area contributed by atoms with Gasteiger partial charge in [-0.3, -0.25) is 14.9 Å². The van der Waals surface area contributed by atoms with Gasteiger partial charge in [0.05, 0.1) is 22.6 Å². The highest BCUT2D eigenvalue weighted by molar-refractivity contribution is 7.15. The maximum atomic E-state index is 13.0. The molecule has 3 N–H and O–H groups in total. The molecule has 1 amide bonds. The number of hydrogen-bond acceptors (Lipinski definition) is 6. The van der Waals surface area contributed by atoms with Crippen LogP contribution in [0.2, 0.25) is 0 Å². The topological polar surface area (TPSA) is 91.3 Å². The summed E-state index contributed by atoms with van der Waals surface area (Å²) in [7, 11) is 0. The number of alkyl halides is 3. The Labute approximate surface area is 171 Å². The van der Waals surface area contributed by atoms with Crippen molar-refractivity contribution in [2.24, 2.45) is 0 Å². The maximum absolute atomic E-state index is 13.0. The molecule has 0 aliphatic heterocycles. The van der Waals surface area contributed by atoms with E-state index in [1.165, 1.54) is 18.2 Å². The molecule has 0 atom stereocenters. The van der Waals surface area contributed by atoms with Gasteiger partial charge >= 0.3 is 12.1 Å². The van der Waals surface area contributed by atoms with E-state index in [1.807, 2.05) is 0 Å². The van der Waals surface area contributed by atoms with Crippen molar-refractivity contribution in [1.82, 2.24) is 4.98 Å². The molecule has 2 aromatic heterocycles. The molecule has 0 fully saturated rings. The number of thiazole rings is 1. The number of amides is 1. The lowest BCUT2D eigenvalue weighted by Crippen LogP contribution is -2.10. The number of carboxylic acid groups (broad SMARTS) is 1. The molecule has 0 saturated carbocycles. The fourth-order valence-electron chi connectivity index (χ4n) is 2.42. The van der Waals surface area contributed by atoms with E-state index in [2.05, 4.69) is 15.6 Å². The molecule has 0 unspecified atom stereocenters. The predicted octanol–water partition coefficient (Wildman–Crippen LogP) is 4.71. The third-order valence-corrected chi connectivity index (χ3v) is 5.57. The second-order valence-electron chi connectivity index (χ2n) is 5.83. The Hall–Kier alpha value is -2.92. The number of carbonyl (C=O) groups excluding carboxylic acids is 1.